The van der Waals surface area contributed by atoms with E-state index in [2.05, 4.69) is 20.9 Å². The molecule has 0 aliphatic carbocycles. The first-order valence-corrected chi connectivity index (χ1v) is 7.97. The molecule has 0 amide bonds. The molecule has 3 aromatic rings. The van der Waals surface area contributed by atoms with Crippen molar-refractivity contribution in [3.8, 4) is 0 Å². The van der Waals surface area contributed by atoms with Crippen molar-refractivity contribution >= 4 is 50.2 Å². The lowest BCUT2D eigenvalue weighted by Crippen LogP contribution is -2.07. The number of halogens is 6. The van der Waals surface area contributed by atoms with Gasteiger partial charge in [0.25, 0.3) is 0 Å². The average Bonchev–Trinajstić information content (AvgIpc) is 2.75. The van der Waals surface area contributed by atoms with E-state index < -0.39 is 11.7 Å². The van der Waals surface area contributed by atoms with Crippen LogP contribution >= 0.6 is 39.1 Å². The maximum Gasteiger partial charge on any atom is 0.416 e. The van der Waals surface area contributed by atoms with Gasteiger partial charge in [-0.1, -0.05) is 35.3 Å². The van der Waals surface area contributed by atoms with Gasteiger partial charge in [-0.3, -0.25) is 0 Å². The maximum absolute atomic E-state index is 12.8. The molecule has 0 atom stereocenters. The fourth-order valence-corrected chi connectivity index (χ4v) is 3.09. The largest absolute Gasteiger partial charge is 0.416 e. The Bertz CT molecular complexity index is 890. The zero-order valence-corrected chi connectivity index (χ0v) is 14.4. The Morgan fingerprint density at radius 2 is 1.78 bits per heavy atom. The van der Waals surface area contributed by atoms with Gasteiger partial charge in [0, 0.05) is 0 Å². The van der Waals surface area contributed by atoms with E-state index >= 15 is 0 Å². The number of fused-ring (bicyclic) bond motifs is 1. The summed E-state index contributed by atoms with van der Waals surface area (Å²) in [6.07, 6.45) is -4.37. The van der Waals surface area contributed by atoms with Crippen molar-refractivity contribution in [1.29, 1.82) is 0 Å². The summed E-state index contributed by atoms with van der Waals surface area (Å²) < 4.78 is 40.7. The molecule has 0 aliphatic rings. The normalized spacial score (nSPS) is 12.1. The van der Waals surface area contributed by atoms with Crippen LogP contribution in [0, 0.1) is 0 Å². The maximum atomic E-state index is 12.8. The second-order valence-electron chi connectivity index (χ2n) is 4.92. The molecule has 3 rings (SSSR count). The van der Waals surface area contributed by atoms with Crippen molar-refractivity contribution < 1.29 is 13.2 Å². The Kier molecular flexibility index (Phi) is 4.33. The lowest BCUT2D eigenvalue weighted by Gasteiger charge is -2.10. The summed E-state index contributed by atoms with van der Waals surface area (Å²) in [5.41, 5.74) is 1.12. The van der Waals surface area contributed by atoms with Crippen LogP contribution in [0.5, 0.6) is 0 Å². The van der Waals surface area contributed by atoms with Gasteiger partial charge < -0.3 is 4.57 Å². The van der Waals surface area contributed by atoms with Gasteiger partial charge in [-0.05, 0) is 45.8 Å². The van der Waals surface area contributed by atoms with E-state index in [0.29, 0.717) is 31.4 Å². The quantitative estimate of drug-likeness (QED) is 0.481. The minimum absolute atomic E-state index is 0.221. The third-order valence-electron chi connectivity index (χ3n) is 3.34. The van der Waals surface area contributed by atoms with Crippen LogP contribution in [0.2, 0.25) is 10.0 Å². The molecule has 0 bridgehead atoms. The number of hydrogen-bond acceptors (Lipinski definition) is 1. The Labute approximate surface area is 148 Å². The van der Waals surface area contributed by atoms with Crippen LogP contribution in [0.15, 0.2) is 41.1 Å². The number of rotatable bonds is 2. The number of alkyl halides is 3. The highest BCUT2D eigenvalue weighted by Gasteiger charge is 2.30. The molecule has 0 N–H and O–H groups in total. The summed E-state index contributed by atoms with van der Waals surface area (Å²) in [5, 5.41) is 0.729. The number of aromatic nitrogens is 2. The Hall–Kier alpha value is -1.24. The first-order valence-electron chi connectivity index (χ1n) is 6.42. The zero-order chi connectivity index (χ0) is 16.8. The fourth-order valence-electron chi connectivity index (χ4n) is 2.27. The number of benzene rings is 2. The van der Waals surface area contributed by atoms with Crippen LogP contribution in [0.3, 0.4) is 0 Å². The first-order chi connectivity index (χ1) is 10.8. The Morgan fingerprint density at radius 1 is 1.09 bits per heavy atom. The van der Waals surface area contributed by atoms with E-state index in [0.717, 1.165) is 12.1 Å². The summed E-state index contributed by atoms with van der Waals surface area (Å²) in [4.78, 5) is 4.30. The molecule has 1 aromatic heterocycles. The van der Waals surface area contributed by atoms with E-state index in [-0.39, 0.29) is 6.54 Å². The van der Waals surface area contributed by atoms with Crippen LogP contribution < -0.4 is 0 Å². The molecular weight excluding hydrogens is 416 g/mol. The van der Waals surface area contributed by atoms with Crippen LogP contribution in [0.4, 0.5) is 13.2 Å². The van der Waals surface area contributed by atoms with Crippen LogP contribution in [0.25, 0.3) is 11.0 Å². The van der Waals surface area contributed by atoms with Crippen molar-refractivity contribution in [3.63, 3.8) is 0 Å². The third kappa shape index (κ3) is 3.34. The molecule has 0 spiro atoms. The number of hydrogen-bond donors (Lipinski definition) is 0. The van der Waals surface area contributed by atoms with Gasteiger partial charge in [0.2, 0.25) is 0 Å². The van der Waals surface area contributed by atoms with Crippen LogP contribution in [-0.2, 0) is 12.7 Å². The van der Waals surface area contributed by atoms with Crippen molar-refractivity contribution in [1.82, 2.24) is 9.55 Å². The number of nitrogens with zero attached hydrogens (tertiary/aromatic N) is 2. The van der Waals surface area contributed by atoms with Crippen molar-refractivity contribution in [2.24, 2.45) is 0 Å². The molecule has 0 saturated carbocycles. The lowest BCUT2D eigenvalue weighted by molar-refractivity contribution is -0.137. The molecule has 0 saturated heterocycles. The zero-order valence-electron chi connectivity index (χ0n) is 11.3. The van der Waals surface area contributed by atoms with Crippen LogP contribution in [0.1, 0.15) is 11.1 Å². The molecule has 0 radical (unpaired) electrons. The second-order valence-corrected chi connectivity index (χ2v) is 6.44. The third-order valence-corrected chi connectivity index (χ3v) is 4.67. The molecule has 8 heteroatoms. The highest BCUT2D eigenvalue weighted by Crippen LogP contribution is 2.32. The van der Waals surface area contributed by atoms with Crippen LogP contribution in [-0.4, -0.2) is 9.55 Å². The highest BCUT2D eigenvalue weighted by atomic mass is 79.9. The molecule has 0 fully saturated rings. The molecule has 2 nitrogen and oxygen atoms in total. The summed E-state index contributed by atoms with van der Waals surface area (Å²) in [7, 11) is 0. The fraction of sp³-hybridized carbons (Fsp3) is 0.133. The van der Waals surface area contributed by atoms with Gasteiger partial charge in [-0.2, -0.15) is 13.2 Å². The summed E-state index contributed by atoms with van der Waals surface area (Å²) in [5.74, 6) is 0. The summed E-state index contributed by atoms with van der Waals surface area (Å²) in [6.45, 7) is 0.221. The summed E-state index contributed by atoms with van der Waals surface area (Å²) in [6, 6.07) is 8.44. The standard InChI is InChI=1S/C15H8BrCl2F3N2/c16-14-22-12-5-10(17)11(18)6-13(12)23(14)7-8-2-1-3-9(4-8)15(19,20)21/h1-6H,7H2. The Morgan fingerprint density at radius 3 is 2.48 bits per heavy atom. The SMILES string of the molecule is FC(F)(F)c1cccc(Cn2c(Br)nc3cc(Cl)c(Cl)cc32)c1. The monoisotopic (exact) mass is 422 g/mol. The van der Waals surface area contributed by atoms with Gasteiger partial charge in [-0.25, -0.2) is 4.98 Å². The van der Waals surface area contributed by atoms with E-state index in [4.69, 9.17) is 23.2 Å². The van der Waals surface area contributed by atoms with Crippen molar-refractivity contribution in [2.75, 3.05) is 0 Å². The van der Waals surface area contributed by atoms with E-state index in [1.54, 1.807) is 22.8 Å². The van der Waals surface area contributed by atoms with Gasteiger partial charge in [0.1, 0.15) is 0 Å². The molecular formula is C15H8BrCl2F3N2. The Balaban J connectivity index is 2.05. The minimum Gasteiger partial charge on any atom is -0.314 e. The minimum atomic E-state index is -4.37. The molecule has 0 unspecified atom stereocenters. The van der Waals surface area contributed by atoms with Gasteiger partial charge in [-0.15, -0.1) is 0 Å². The van der Waals surface area contributed by atoms with Crippen molar-refractivity contribution in [3.05, 3.63) is 62.3 Å². The van der Waals surface area contributed by atoms with Crippen molar-refractivity contribution in [2.45, 2.75) is 12.7 Å². The predicted octanol–water partition coefficient (Wildman–Crippen LogP) is 6.17. The second kappa shape index (κ2) is 6.00. The van der Waals surface area contributed by atoms with E-state index in [9.17, 15) is 13.2 Å². The smallest absolute Gasteiger partial charge is 0.314 e. The molecule has 120 valence electrons. The molecule has 1 heterocycles. The highest BCUT2D eigenvalue weighted by molar-refractivity contribution is 9.10. The van der Waals surface area contributed by atoms with E-state index in [1.807, 2.05) is 0 Å². The first kappa shape index (κ1) is 16.6. The summed E-state index contributed by atoms with van der Waals surface area (Å²) >= 11 is 15.3. The lowest BCUT2D eigenvalue weighted by atomic mass is 10.1. The van der Waals surface area contributed by atoms with Gasteiger partial charge in [0.05, 0.1) is 33.2 Å². The van der Waals surface area contributed by atoms with Gasteiger partial charge >= 0.3 is 6.18 Å². The number of imidazole rings is 1. The predicted molar refractivity (Wildman–Crippen MR) is 88.0 cm³/mol. The molecule has 2 aromatic carbocycles. The molecule has 0 aliphatic heterocycles. The topological polar surface area (TPSA) is 17.8 Å². The van der Waals surface area contributed by atoms with E-state index in [1.165, 1.54) is 6.07 Å². The average molecular weight is 424 g/mol. The molecule has 23 heavy (non-hydrogen) atoms. The van der Waals surface area contributed by atoms with Gasteiger partial charge in [0.15, 0.2) is 4.73 Å².